The molecule has 1 fully saturated rings. The summed E-state index contributed by atoms with van der Waals surface area (Å²) >= 11 is 0. The Morgan fingerprint density at radius 2 is 1.77 bits per heavy atom. The van der Waals surface area contributed by atoms with Gasteiger partial charge in [0.15, 0.2) is 5.96 Å². The van der Waals surface area contributed by atoms with Crippen molar-refractivity contribution in [1.29, 1.82) is 0 Å². The number of amides is 1. The first-order chi connectivity index (χ1) is 14.6. The minimum absolute atomic E-state index is 0. The third-order valence-corrected chi connectivity index (χ3v) is 5.59. The van der Waals surface area contributed by atoms with Gasteiger partial charge in [-0.15, -0.1) is 24.0 Å². The lowest BCUT2D eigenvalue weighted by molar-refractivity contribution is 0.0773. The maximum Gasteiger partial charge on any atom is 0.253 e. The molecule has 0 aliphatic carbocycles. The molecular weight excluding hydrogens is 501 g/mol. The summed E-state index contributed by atoms with van der Waals surface area (Å²) in [5.74, 6) is 0.888. The van der Waals surface area contributed by atoms with E-state index in [1.54, 1.807) is 7.05 Å². The molecule has 2 N–H and O–H groups in total. The first-order valence-electron chi connectivity index (χ1n) is 10.8. The quantitative estimate of drug-likeness (QED) is 0.323. The van der Waals surface area contributed by atoms with Crippen molar-refractivity contribution in [3.8, 4) is 0 Å². The fourth-order valence-corrected chi connectivity index (χ4v) is 3.78. The number of benzene rings is 2. The van der Waals surface area contributed by atoms with Gasteiger partial charge in [-0.3, -0.25) is 9.79 Å². The van der Waals surface area contributed by atoms with E-state index in [2.05, 4.69) is 44.8 Å². The van der Waals surface area contributed by atoms with Gasteiger partial charge in [-0.05, 0) is 50.1 Å². The lowest BCUT2D eigenvalue weighted by atomic mass is 10.1. The fourth-order valence-electron chi connectivity index (χ4n) is 3.78. The van der Waals surface area contributed by atoms with Gasteiger partial charge in [-0.25, -0.2) is 0 Å². The molecule has 1 heterocycles. The van der Waals surface area contributed by atoms with Gasteiger partial charge in [0.1, 0.15) is 0 Å². The summed E-state index contributed by atoms with van der Waals surface area (Å²) < 4.78 is 0. The second-order valence-corrected chi connectivity index (χ2v) is 7.51. The third-order valence-electron chi connectivity index (χ3n) is 5.59. The molecule has 3 rings (SSSR count). The Bertz CT molecular complexity index is 837. The van der Waals surface area contributed by atoms with Crippen LogP contribution in [0.5, 0.6) is 0 Å². The van der Waals surface area contributed by atoms with Crippen LogP contribution in [0.4, 0.5) is 5.69 Å². The van der Waals surface area contributed by atoms with E-state index in [0.717, 1.165) is 49.7 Å². The van der Waals surface area contributed by atoms with Gasteiger partial charge in [0.05, 0.1) is 0 Å². The zero-order valence-corrected chi connectivity index (χ0v) is 21.0. The molecule has 6 nitrogen and oxygen atoms in total. The lowest BCUT2D eigenvalue weighted by Crippen LogP contribution is -2.44. The second kappa shape index (κ2) is 12.5. The van der Waals surface area contributed by atoms with Gasteiger partial charge in [-0.2, -0.15) is 0 Å². The van der Waals surface area contributed by atoms with E-state index in [0.29, 0.717) is 12.6 Å². The second-order valence-electron chi connectivity index (χ2n) is 7.51. The van der Waals surface area contributed by atoms with Crippen LogP contribution in [0.1, 0.15) is 36.2 Å². The molecule has 0 bridgehead atoms. The molecule has 31 heavy (non-hydrogen) atoms. The van der Waals surface area contributed by atoms with Crippen LogP contribution in [0.3, 0.4) is 0 Å². The number of hydrogen-bond acceptors (Lipinski definition) is 3. The number of para-hydroxylation sites is 1. The van der Waals surface area contributed by atoms with Crippen LogP contribution in [0.15, 0.2) is 59.6 Å². The van der Waals surface area contributed by atoms with Crippen LogP contribution in [0.2, 0.25) is 0 Å². The highest BCUT2D eigenvalue weighted by Crippen LogP contribution is 2.19. The zero-order valence-electron chi connectivity index (χ0n) is 18.7. The largest absolute Gasteiger partial charge is 0.369 e. The van der Waals surface area contributed by atoms with Crippen molar-refractivity contribution < 1.29 is 4.79 Å². The standard InChI is InChI=1S/C24H33N5O.HI/c1-4-28(5-2)23(30)20-13-11-19(12-14-20)17-26-24(25-3)27-21-15-16-29(18-21)22-9-7-6-8-10-22;/h6-14,21H,4-5,15-18H2,1-3H3,(H2,25,26,27);1H. The number of aliphatic imine (C=N–C) groups is 1. The number of carbonyl (C=O) groups is 1. The monoisotopic (exact) mass is 535 g/mol. The molecule has 1 atom stereocenters. The summed E-state index contributed by atoms with van der Waals surface area (Å²) in [6, 6.07) is 18.7. The number of hydrogen-bond donors (Lipinski definition) is 2. The minimum atomic E-state index is 0. The summed E-state index contributed by atoms with van der Waals surface area (Å²) in [7, 11) is 1.80. The topological polar surface area (TPSA) is 60.0 Å². The van der Waals surface area contributed by atoms with Crippen molar-refractivity contribution in [2.24, 2.45) is 4.99 Å². The summed E-state index contributed by atoms with van der Waals surface area (Å²) in [6.07, 6.45) is 1.08. The number of anilines is 1. The van der Waals surface area contributed by atoms with E-state index in [9.17, 15) is 4.79 Å². The molecule has 168 valence electrons. The zero-order chi connectivity index (χ0) is 21.3. The molecule has 0 radical (unpaired) electrons. The van der Waals surface area contributed by atoms with Gasteiger partial charge < -0.3 is 20.4 Å². The maximum absolute atomic E-state index is 12.4. The van der Waals surface area contributed by atoms with Gasteiger partial charge >= 0.3 is 0 Å². The van der Waals surface area contributed by atoms with Crippen LogP contribution < -0.4 is 15.5 Å². The Hall–Kier alpha value is -2.29. The fraction of sp³-hybridized carbons (Fsp3) is 0.417. The van der Waals surface area contributed by atoms with E-state index < -0.39 is 0 Å². The van der Waals surface area contributed by atoms with Crippen LogP contribution >= 0.6 is 24.0 Å². The van der Waals surface area contributed by atoms with Gasteiger partial charge in [-0.1, -0.05) is 30.3 Å². The minimum Gasteiger partial charge on any atom is -0.369 e. The lowest BCUT2D eigenvalue weighted by Gasteiger charge is -2.20. The molecule has 7 heteroatoms. The van der Waals surface area contributed by atoms with Crippen LogP contribution in [0, 0.1) is 0 Å². The molecule has 0 spiro atoms. The number of rotatable bonds is 7. The number of nitrogens with one attached hydrogen (secondary N) is 2. The van der Waals surface area contributed by atoms with Crippen LogP contribution in [-0.4, -0.2) is 56.0 Å². The summed E-state index contributed by atoms with van der Waals surface area (Å²) in [5, 5.41) is 6.92. The average molecular weight is 535 g/mol. The van der Waals surface area contributed by atoms with E-state index >= 15 is 0 Å². The first kappa shape index (κ1) is 25.0. The maximum atomic E-state index is 12.4. The highest BCUT2D eigenvalue weighted by Gasteiger charge is 2.23. The van der Waals surface area contributed by atoms with E-state index in [1.165, 1.54) is 5.69 Å². The third kappa shape index (κ3) is 6.85. The van der Waals surface area contributed by atoms with Crippen molar-refractivity contribution >= 4 is 41.5 Å². The molecule has 1 aliphatic rings. The van der Waals surface area contributed by atoms with Crippen LogP contribution in [0.25, 0.3) is 0 Å². The molecule has 2 aromatic rings. The smallest absolute Gasteiger partial charge is 0.253 e. The highest BCUT2D eigenvalue weighted by molar-refractivity contribution is 14.0. The predicted molar refractivity (Wildman–Crippen MR) is 140 cm³/mol. The molecule has 0 aromatic heterocycles. The molecule has 0 saturated carbocycles. The van der Waals surface area contributed by atoms with E-state index in [1.807, 2.05) is 49.1 Å². The molecule has 1 unspecified atom stereocenters. The number of guanidine groups is 1. The van der Waals surface area contributed by atoms with Gasteiger partial charge in [0, 0.05) is 57.1 Å². The van der Waals surface area contributed by atoms with Crippen LogP contribution in [-0.2, 0) is 6.54 Å². The number of halogens is 1. The van der Waals surface area contributed by atoms with Crippen molar-refractivity contribution in [3.63, 3.8) is 0 Å². The highest BCUT2D eigenvalue weighted by atomic mass is 127. The number of carbonyl (C=O) groups excluding carboxylic acids is 1. The van der Waals surface area contributed by atoms with Crippen molar-refractivity contribution in [2.75, 3.05) is 38.1 Å². The molecule has 1 saturated heterocycles. The normalized spacial score (nSPS) is 15.9. The van der Waals surface area contributed by atoms with Gasteiger partial charge in [0.25, 0.3) is 5.91 Å². The Morgan fingerprint density at radius 1 is 1.10 bits per heavy atom. The molecular formula is C24H34IN5O. The Kier molecular flexibility index (Phi) is 10.1. The molecule has 1 amide bonds. The summed E-state index contributed by atoms with van der Waals surface area (Å²) in [6.45, 7) is 8.12. The Balaban J connectivity index is 0.00000341. The SMILES string of the molecule is CCN(CC)C(=O)c1ccc(CNC(=NC)NC2CCN(c3ccccc3)C2)cc1.I. The molecule has 2 aromatic carbocycles. The van der Waals surface area contributed by atoms with Crippen molar-refractivity contribution in [3.05, 3.63) is 65.7 Å². The van der Waals surface area contributed by atoms with E-state index in [4.69, 9.17) is 0 Å². The van der Waals surface area contributed by atoms with E-state index in [-0.39, 0.29) is 29.9 Å². The Labute approximate surface area is 203 Å². The predicted octanol–water partition coefficient (Wildman–Crippen LogP) is 3.73. The Morgan fingerprint density at radius 3 is 2.39 bits per heavy atom. The van der Waals surface area contributed by atoms with Gasteiger partial charge in [0.2, 0.25) is 0 Å². The average Bonchev–Trinajstić information content (AvgIpc) is 3.27. The van der Waals surface area contributed by atoms with Crippen molar-refractivity contribution in [1.82, 2.24) is 15.5 Å². The number of nitrogens with zero attached hydrogens (tertiary/aromatic N) is 3. The first-order valence-corrected chi connectivity index (χ1v) is 10.8. The summed E-state index contributed by atoms with van der Waals surface area (Å²) in [4.78, 5) is 21.0. The molecule has 1 aliphatic heterocycles. The van der Waals surface area contributed by atoms with Crippen molar-refractivity contribution in [2.45, 2.75) is 32.9 Å². The summed E-state index contributed by atoms with van der Waals surface area (Å²) in [5.41, 5.74) is 3.12.